The van der Waals surface area contributed by atoms with Crippen molar-refractivity contribution in [2.45, 2.75) is 69.1 Å². The van der Waals surface area contributed by atoms with Crippen LogP contribution in [-0.2, 0) is 30.4 Å². The van der Waals surface area contributed by atoms with Crippen LogP contribution in [-0.4, -0.2) is 88.1 Å². The highest BCUT2D eigenvalue weighted by Gasteiger charge is 2.31. The van der Waals surface area contributed by atoms with Crippen LogP contribution in [0.15, 0.2) is 35.5 Å². The molecule has 0 fully saturated rings. The largest absolute Gasteiger partial charge is 0.481 e. The van der Waals surface area contributed by atoms with E-state index in [2.05, 4.69) is 25.9 Å². The molecule has 1 aromatic heterocycles. The lowest BCUT2D eigenvalue weighted by atomic mass is 10.0. The first-order valence-electron chi connectivity index (χ1n) is 13.8. The molecule has 1 aromatic carbocycles. The minimum atomic E-state index is -1.40. The Morgan fingerprint density at radius 1 is 0.860 bits per heavy atom. The van der Waals surface area contributed by atoms with Gasteiger partial charge in [-0.15, -0.1) is 0 Å². The zero-order chi connectivity index (χ0) is 31.9. The third-order valence-electron chi connectivity index (χ3n) is 6.60. The first kappa shape index (κ1) is 34.5. The maximum atomic E-state index is 13.4. The number of fused-ring (bicyclic) bond motifs is 1. The van der Waals surface area contributed by atoms with Crippen molar-refractivity contribution in [2.24, 2.45) is 27.9 Å². The molecule has 2 aromatic rings. The standard InChI is InChI=1S/C27H41N9O7/c28-10-4-3-8-19(34-23(39)17(29)13-22(37)38)24(40)35-20(9-5-11-32-27(30)31)25(41)36-21(26(42)43)12-15-14-33-18-7-2-1-6-16(15)18/h1-2,6-7,14,17,19-21,33H,3-5,8-13,28-29H2,(H,34,39)(H,35,40)(H,36,41)(H,37,38)(H,42,43)(H4,30,31,32). The van der Waals surface area contributed by atoms with Gasteiger partial charge in [0.05, 0.1) is 12.5 Å². The summed E-state index contributed by atoms with van der Waals surface area (Å²) in [5.41, 5.74) is 23.4. The zero-order valence-electron chi connectivity index (χ0n) is 23.8. The van der Waals surface area contributed by atoms with Crippen molar-refractivity contribution in [3.8, 4) is 0 Å². The molecular formula is C27H41N9O7. The lowest BCUT2D eigenvalue weighted by Gasteiger charge is -2.25. The number of benzene rings is 1. The lowest BCUT2D eigenvalue weighted by molar-refractivity contribution is -0.142. The molecule has 16 heteroatoms. The highest BCUT2D eigenvalue weighted by atomic mass is 16.4. The van der Waals surface area contributed by atoms with Gasteiger partial charge in [-0.3, -0.25) is 24.2 Å². The molecule has 0 saturated heterocycles. The number of unbranched alkanes of at least 4 members (excludes halogenated alkanes) is 1. The van der Waals surface area contributed by atoms with Crippen molar-refractivity contribution in [1.29, 1.82) is 0 Å². The molecule has 236 valence electrons. The quantitative estimate of drug-likeness (QED) is 0.0487. The Morgan fingerprint density at radius 3 is 2.07 bits per heavy atom. The Morgan fingerprint density at radius 2 is 1.47 bits per heavy atom. The molecule has 4 unspecified atom stereocenters. The number of guanidine groups is 1. The number of aliphatic carboxylic acids is 2. The molecule has 0 aliphatic carbocycles. The molecule has 0 saturated carbocycles. The number of nitrogens with one attached hydrogen (secondary N) is 4. The van der Waals surface area contributed by atoms with E-state index < -0.39 is 60.2 Å². The van der Waals surface area contributed by atoms with E-state index in [-0.39, 0.29) is 38.2 Å². The molecule has 2 rings (SSSR count). The van der Waals surface area contributed by atoms with E-state index in [0.717, 1.165) is 10.9 Å². The Labute approximate surface area is 248 Å². The summed E-state index contributed by atoms with van der Waals surface area (Å²) in [5, 5.41) is 27.2. The van der Waals surface area contributed by atoms with Crippen LogP contribution in [0, 0.1) is 0 Å². The van der Waals surface area contributed by atoms with Crippen LogP contribution in [0.4, 0.5) is 0 Å². The molecule has 4 atom stereocenters. The highest BCUT2D eigenvalue weighted by Crippen LogP contribution is 2.19. The fourth-order valence-corrected chi connectivity index (χ4v) is 4.36. The Bertz CT molecular complexity index is 1290. The first-order valence-corrected chi connectivity index (χ1v) is 13.8. The van der Waals surface area contributed by atoms with Gasteiger partial charge in [-0.05, 0) is 50.3 Å². The van der Waals surface area contributed by atoms with E-state index in [1.807, 2.05) is 24.3 Å². The predicted molar refractivity (Wildman–Crippen MR) is 158 cm³/mol. The number of carboxylic acid groups (broad SMARTS) is 2. The molecule has 16 nitrogen and oxygen atoms in total. The minimum Gasteiger partial charge on any atom is -0.481 e. The van der Waals surface area contributed by atoms with Gasteiger partial charge in [-0.1, -0.05) is 18.2 Å². The Hall–Kier alpha value is -4.70. The zero-order valence-corrected chi connectivity index (χ0v) is 23.8. The summed E-state index contributed by atoms with van der Waals surface area (Å²) in [6.45, 7) is 0.476. The molecule has 43 heavy (non-hydrogen) atoms. The molecular weight excluding hydrogens is 562 g/mol. The van der Waals surface area contributed by atoms with E-state index >= 15 is 0 Å². The molecule has 0 radical (unpaired) electrons. The summed E-state index contributed by atoms with van der Waals surface area (Å²) in [6, 6.07) is 2.22. The number of nitrogens with two attached hydrogens (primary N) is 4. The van der Waals surface area contributed by atoms with Gasteiger partial charge in [-0.2, -0.15) is 0 Å². The van der Waals surface area contributed by atoms with Gasteiger partial charge in [0.15, 0.2) is 5.96 Å². The number of carboxylic acids is 2. The van der Waals surface area contributed by atoms with Crippen molar-refractivity contribution in [1.82, 2.24) is 20.9 Å². The van der Waals surface area contributed by atoms with E-state index in [9.17, 15) is 29.1 Å². The molecule has 0 aliphatic heterocycles. The number of rotatable bonds is 19. The highest BCUT2D eigenvalue weighted by molar-refractivity contribution is 5.95. The van der Waals surface area contributed by atoms with Gasteiger partial charge in [0.1, 0.15) is 18.1 Å². The minimum absolute atomic E-state index is 0.0288. The third-order valence-corrected chi connectivity index (χ3v) is 6.60. The molecule has 14 N–H and O–H groups in total. The number of hydrogen-bond donors (Lipinski definition) is 10. The predicted octanol–water partition coefficient (Wildman–Crippen LogP) is -1.77. The number of aliphatic imine (C=N–C) groups is 1. The summed E-state index contributed by atoms with van der Waals surface area (Å²) < 4.78 is 0. The van der Waals surface area contributed by atoms with Crippen molar-refractivity contribution < 1.29 is 34.2 Å². The van der Waals surface area contributed by atoms with Crippen LogP contribution in [0.2, 0.25) is 0 Å². The number of H-pyrrole nitrogens is 1. The van der Waals surface area contributed by atoms with E-state index in [1.54, 1.807) is 6.20 Å². The Kier molecular flexibility index (Phi) is 13.9. The van der Waals surface area contributed by atoms with Crippen molar-refractivity contribution in [2.75, 3.05) is 13.1 Å². The van der Waals surface area contributed by atoms with E-state index in [0.29, 0.717) is 24.9 Å². The monoisotopic (exact) mass is 603 g/mol. The number of amides is 3. The second-order valence-corrected chi connectivity index (χ2v) is 10.0. The van der Waals surface area contributed by atoms with E-state index in [1.165, 1.54) is 0 Å². The summed E-state index contributed by atoms with van der Waals surface area (Å²) in [5.74, 6) is -5.07. The fourth-order valence-electron chi connectivity index (χ4n) is 4.36. The number of nitrogens with zero attached hydrogens (tertiary/aromatic N) is 1. The average molecular weight is 604 g/mol. The van der Waals surface area contributed by atoms with Gasteiger partial charge in [-0.25, -0.2) is 4.79 Å². The Balaban J connectivity index is 2.22. The molecule has 0 spiro atoms. The molecule has 3 amide bonds. The topological polar surface area (TPSA) is 294 Å². The fraction of sp³-hybridized carbons (Fsp3) is 0.481. The van der Waals surface area contributed by atoms with Gasteiger partial charge in [0.2, 0.25) is 17.7 Å². The van der Waals surface area contributed by atoms with Crippen LogP contribution in [0.3, 0.4) is 0 Å². The van der Waals surface area contributed by atoms with Gasteiger partial charge < -0.3 is 54.1 Å². The van der Waals surface area contributed by atoms with Crippen LogP contribution < -0.4 is 38.9 Å². The maximum absolute atomic E-state index is 13.4. The maximum Gasteiger partial charge on any atom is 0.326 e. The number of aromatic amines is 1. The summed E-state index contributed by atoms with van der Waals surface area (Å²) in [4.78, 5) is 69.2. The van der Waals surface area contributed by atoms with Gasteiger partial charge in [0.25, 0.3) is 0 Å². The summed E-state index contributed by atoms with van der Waals surface area (Å²) >= 11 is 0. The SMILES string of the molecule is NCCCCC(NC(=O)C(N)CC(=O)O)C(=O)NC(CCCN=C(N)N)C(=O)NC(Cc1c[nH]c2ccccc12)C(=O)O. The number of carbonyl (C=O) groups is 5. The van der Waals surface area contributed by atoms with Crippen LogP contribution in [0.1, 0.15) is 44.1 Å². The van der Waals surface area contributed by atoms with Crippen molar-refractivity contribution in [3.05, 3.63) is 36.0 Å². The molecule has 1 heterocycles. The molecule has 0 bridgehead atoms. The normalized spacial score (nSPS) is 13.7. The third kappa shape index (κ3) is 11.6. The number of hydrogen-bond acceptors (Lipinski definition) is 8. The smallest absolute Gasteiger partial charge is 0.326 e. The average Bonchev–Trinajstić information content (AvgIpc) is 3.35. The van der Waals surface area contributed by atoms with Crippen LogP contribution in [0.5, 0.6) is 0 Å². The number of para-hydroxylation sites is 1. The first-order chi connectivity index (χ1) is 20.4. The van der Waals surface area contributed by atoms with Gasteiger partial charge >= 0.3 is 11.9 Å². The lowest BCUT2D eigenvalue weighted by Crippen LogP contribution is -2.57. The second-order valence-electron chi connectivity index (χ2n) is 10.0. The number of carbonyl (C=O) groups excluding carboxylic acids is 3. The van der Waals surface area contributed by atoms with Crippen molar-refractivity contribution in [3.63, 3.8) is 0 Å². The summed E-state index contributed by atoms with van der Waals surface area (Å²) in [6.07, 6.45) is 2.40. The molecule has 0 aliphatic rings. The van der Waals surface area contributed by atoms with Crippen LogP contribution >= 0.6 is 0 Å². The van der Waals surface area contributed by atoms with Crippen molar-refractivity contribution >= 4 is 46.5 Å². The number of aromatic nitrogens is 1. The second kappa shape index (κ2) is 17.3. The summed E-state index contributed by atoms with van der Waals surface area (Å²) in [7, 11) is 0. The van der Waals surface area contributed by atoms with Crippen LogP contribution in [0.25, 0.3) is 10.9 Å². The van der Waals surface area contributed by atoms with E-state index in [4.69, 9.17) is 28.0 Å². The van der Waals surface area contributed by atoms with Gasteiger partial charge in [0, 0.05) is 30.1 Å².